The summed E-state index contributed by atoms with van der Waals surface area (Å²) in [5, 5.41) is 0. The van der Waals surface area contributed by atoms with E-state index < -0.39 is 18.6 Å². The second-order valence-electron chi connectivity index (χ2n) is 4.86. The van der Waals surface area contributed by atoms with Gasteiger partial charge in [-0.05, 0) is 63.6 Å². The molecule has 1 aromatic rings. The molecule has 8 heteroatoms. The van der Waals surface area contributed by atoms with Crippen molar-refractivity contribution < 1.29 is 18.0 Å². The number of nitrogens with zero attached hydrogens (tertiary/aromatic N) is 1. The third-order valence-corrected chi connectivity index (χ3v) is 6.51. The molecule has 0 radical (unpaired) electrons. The van der Waals surface area contributed by atoms with Gasteiger partial charge >= 0.3 is 6.18 Å². The lowest BCUT2D eigenvalue weighted by Crippen LogP contribution is -2.45. The van der Waals surface area contributed by atoms with Gasteiger partial charge in [-0.25, -0.2) is 0 Å². The van der Waals surface area contributed by atoms with Crippen LogP contribution in [0.15, 0.2) is 14.3 Å². The second-order valence-corrected chi connectivity index (χ2v) is 8.08. The maximum atomic E-state index is 12.7. The summed E-state index contributed by atoms with van der Waals surface area (Å²) >= 11 is 7.63. The minimum atomic E-state index is -4.38. The molecule has 0 saturated heterocycles. The molecule has 1 atom stereocenters. The van der Waals surface area contributed by atoms with Crippen molar-refractivity contribution >= 4 is 49.1 Å². The molecule has 1 amide bonds. The van der Waals surface area contributed by atoms with Crippen LogP contribution in [0.4, 0.5) is 13.2 Å². The molecule has 20 heavy (non-hydrogen) atoms. The Bertz CT molecular complexity index is 494. The van der Waals surface area contributed by atoms with E-state index in [-0.39, 0.29) is 12.0 Å². The van der Waals surface area contributed by atoms with E-state index in [2.05, 4.69) is 31.9 Å². The van der Waals surface area contributed by atoms with Gasteiger partial charge in [-0.3, -0.25) is 4.79 Å². The van der Waals surface area contributed by atoms with E-state index in [9.17, 15) is 18.0 Å². The van der Waals surface area contributed by atoms with E-state index in [1.54, 1.807) is 13.0 Å². The van der Waals surface area contributed by atoms with Crippen molar-refractivity contribution in [1.29, 1.82) is 0 Å². The largest absolute Gasteiger partial charge is 0.406 e. The number of amides is 1. The number of carbonyl (C=O) groups excluding carboxylic acids is 1. The molecule has 0 bridgehead atoms. The number of alkyl halides is 3. The Hall–Kier alpha value is -0.0800. The van der Waals surface area contributed by atoms with Crippen LogP contribution in [0.1, 0.15) is 29.4 Å². The van der Waals surface area contributed by atoms with Gasteiger partial charge in [-0.1, -0.05) is 0 Å². The average molecular weight is 435 g/mol. The fourth-order valence-electron chi connectivity index (χ4n) is 2.02. The summed E-state index contributed by atoms with van der Waals surface area (Å²) in [6, 6.07) is 1.17. The van der Waals surface area contributed by atoms with E-state index in [4.69, 9.17) is 0 Å². The van der Waals surface area contributed by atoms with Crippen molar-refractivity contribution in [2.45, 2.75) is 32.0 Å². The lowest BCUT2D eigenvalue weighted by Gasteiger charge is -2.29. The Morgan fingerprint density at radius 1 is 1.50 bits per heavy atom. The van der Waals surface area contributed by atoms with Gasteiger partial charge in [0, 0.05) is 10.5 Å². The molecule has 112 valence electrons. The minimum absolute atomic E-state index is 0.188. The molecule has 1 fully saturated rings. The zero-order chi connectivity index (χ0) is 15.1. The first kappa shape index (κ1) is 16.3. The van der Waals surface area contributed by atoms with E-state index in [1.807, 2.05) is 0 Å². The standard InChI is InChI=1S/C12H12Br2F3NOS/c1-6(7-2-3-7)18(5-12(15,16)17)11(19)9-4-8(13)10(14)20-9/h4,6-7H,2-3,5H2,1H3. The molecule has 0 aliphatic heterocycles. The Morgan fingerprint density at radius 3 is 2.50 bits per heavy atom. The molecule has 1 saturated carbocycles. The first-order valence-electron chi connectivity index (χ1n) is 6.01. The van der Waals surface area contributed by atoms with Gasteiger partial charge in [0.1, 0.15) is 6.54 Å². The van der Waals surface area contributed by atoms with Crippen LogP contribution in [0.3, 0.4) is 0 Å². The highest BCUT2D eigenvalue weighted by Crippen LogP contribution is 2.38. The lowest BCUT2D eigenvalue weighted by atomic mass is 10.1. The van der Waals surface area contributed by atoms with Crippen molar-refractivity contribution in [2.24, 2.45) is 5.92 Å². The molecule has 0 N–H and O–H groups in total. The predicted octanol–water partition coefficient (Wildman–Crippen LogP) is 5.08. The summed E-state index contributed by atoms with van der Waals surface area (Å²) in [4.78, 5) is 13.6. The highest BCUT2D eigenvalue weighted by molar-refractivity contribution is 9.13. The molecule has 2 rings (SSSR count). The van der Waals surface area contributed by atoms with Crippen LogP contribution in [0.2, 0.25) is 0 Å². The van der Waals surface area contributed by atoms with Gasteiger partial charge in [0.25, 0.3) is 5.91 Å². The third-order valence-electron chi connectivity index (χ3n) is 3.26. The van der Waals surface area contributed by atoms with Crippen LogP contribution in [-0.2, 0) is 0 Å². The van der Waals surface area contributed by atoms with Gasteiger partial charge in [-0.2, -0.15) is 13.2 Å². The van der Waals surface area contributed by atoms with Gasteiger partial charge in [-0.15, -0.1) is 11.3 Å². The Labute approximate surface area is 135 Å². The lowest BCUT2D eigenvalue weighted by molar-refractivity contribution is -0.144. The van der Waals surface area contributed by atoms with E-state index in [0.29, 0.717) is 13.1 Å². The fourth-order valence-corrected chi connectivity index (χ4v) is 4.01. The maximum absolute atomic E-state index is 12.7. The first-order valence-corrected chi connectivity index (χ1v) is 8.42. The van der Waals surface area contributed by atoms with Crippen LogP contribution in [0, 0.1) is 5.92 Å². The highest BCUT2D eigenvalue weighted by Gasteiger charge is 2.41. The van der Waals surface area contributed by atoms with E-state index in [1.165, 1.54) is 0 Å². The quantitative estimate of drug-likeness (QED) is 0.647. The van der Waals surface area contributed by atoms with Crippen molar-refractivity contribution in [3.63, 3.8) is 0 Å². The highest BCUT2D eigenvalue weighted by atomic mass is 79.9. The fraction of sp³-hybridized carbons (Fsp3) is 0.583. The van der Waals surface area contributed by atoms with Crippen molar-refractivity contribution in [2.75, 3.05) is 6.54 Å². The smallest absolute Gasteiger partial charge is 0.326 e. The zero-order valence-electron chi connectivity index (χ0n) is 10.5. The molecular formula is C12H12Br2F3NOS. The Kier molecular flexibility index (Phi) is 4.86. The maximum Gasteiger partial charge on any atom is 0.406 e. The SMILES string of the molecule is CC(C1CC1)N(CC(F)(F)F)C(=O)c1cc(Br)c(Br)s1. The number of hydrogen-bond acceptors (Lipinski definition) is 2. The molecule has 0 aromatic carbocycles. The van der Waals surface area contributed by atoms with Gasteiger partial charge in [0.15, 0.2) is 0 Å². The summed E-state index contributed by atoms with van der Waals surface area (Å²) in [5.41, 5.74) is 0. The average Bonchev–Trinajstić information content (AvgIpc) is 3.11. The molecule has 1 unspecified atom stereocenters. The molecule has 1 heterocycles. The molecule has 1 aliphatic rings. The first-order chi connectivity index (χ1) is 9.19. The van der Waals surface area contributed by atoms with Gasteiger partial charge in [0.2, 0.25) is 0 Å². The monoisotopic (exact) mass is 433 g/mol. The summed E-state index contributed by atoms with van der Waals surface area (Å²) in [6.45, 7) is 0.496. The molecular weight excluding hydrogens is 423 g/mol. The minimum Gasteiger partial charge on any atom is -0.326 e. The predicted molar refractivity (Wildman–Crippen MR) is 79.0 cm³/mol. The van der Waals surface area contributed by atoms with Crippen LogP contribution >= 0.6 is 43.2 Å². The second kappa shape index (κ2) is 5.96. The van der Waals surface area contributed by atoms with Crippen LogP contribution in [0.25, 0.3) is 0 Å². The normalized spacial score (nSPS) is 17.1. The summed E-state index contributed by atoms with van der Waals surface area (Å²) in [5.74, 6) is -0.369. The topological polar surface area (TPSA) is 20.3 Å². The molecule has 1 aliphatic carbocycles. The van der Waals surface area contributed by atoms with Crippen molar-refractivity contribution in [1.82, 2.24) is 4.90 Å². The molecule has 1 aromatic heterocycles. The van der Waals surface area contributed by atoms with Crippen molar-refractivity contribution in [3.05, 3.63) is 19.2 Å². The Morgan fingerprint density at radius 2 is 2.10 bits per heavy atom. The number of carbonyl (C=O) groups is 1. The van der Waals surface area contributed by atoms with Crippen LogP contribution < -0.4 is 0 Å². The molecule has 0 spiro atoms. The van der Waals surface area contributed by atoms with E-state index in [0.717, 1.165) is 29.1 Å². The van der Waals surface area contributed by atoms with Gasteiger partial charge < -0.3 is 4.90 Å². The molecule has 2 nitrogen and oxygen atoms in total. The summed E-state index contributed by atoms with van der Waals surface area (Å²) in [6.07, 6.45) is -2.61. The summed E-state index contributed by atoms with van der Waals surface area (Å²) < 4.78 is 39.5. The number of rotatable bonds is 4. The Balaban J connectivity index is 2.22. The van der Waals surface area contributed by atoms with Crippen LogP contribution in [-0.4, -0.2) is 29.6 Å². The number of thiophene rings is 1. The van der Waals surface area contributed by atoms with E-state index >= 15 is 0 Å². The third kappa shape index (κ3) is 3.98. The summed E-state index contributed by atoms with van der Waals surface area (Å²) in [7, 11) is 0. The van der Waals surface area contributed by atoms with Crippen LogP contribution in [0.5, 0.6) is 0 Å². The zero-order valence-corrected chi connectivity index (χ0v) is 14.5. The van der Waals surface area contributed by atoms with Crippen molar-refractivity contribution in [3.8, 4) is 0 Å². The van der Waals surface area contributed by atoms with Gasteiger partial charge in [0.05, 0.1) is 8.66 Å². The number of hydrogen-bond donors (Lipinski definition) is 0. The number of halogens is 5.